The molecule has 1 amide bonds. The van der Waals surface area contributed by atoms with Crippen LogP contribution in [0.2, 0.25) is 0 Å². The van der Waals surface area contributed by atoms with E-state index >= 15 is 0 Å². The fraction of sp³-hybridized carbons (Fsp3) is 0.615. The molecule has 216 valence electrons. The quantitative estimate of drug-likeness (QED) is 0.410. The Morgan fingerprint density at radius 1 is 1.25 bits per heavy atom. The van der Waals surface area contributed by atoms with E-state index in [9.17, 15) is 17.6 Å². The first kappa shape index (κ1) is 27.5. The van der Waals surface area contributed by atoms with Crippen molar-refractivity contribution in [2.75, 3.05) is 32.1 Å². The number of fused-ring (bicyclic) bond motifs is 1. The summed E-state index contributed by atoms with van der Waals surface area (Å²) in [4.78, 5) is 21.8. The fourth-order valence-electron chi connectivity index (χ4n) is 5.39. The summed E-state index contributed by atoms with van der Waals surface area (Å²) < 4.78 is 45.5. The summed E-state index contributed by atoms with van der Waals surface area (Å²) in [6.07, 6.45) is 5.08. The first-order valence-corrected chi connectivity index (χ1v) is 15.8. The molecule has 3 fully saturated rings. The lowest BCUT2D eigenvalue weighted by Gasteiger charge is -2.44. The van der Waals surface area contributed by atoms with Crippen LogP contribution in [0.3, 0.4) is 0 Å². The number of hydrogen-bond donors (Lipinski definition) is 2. The minimum absolute atomic E-state index is 0.0591. The van der Waals surface area contributed by atoms with Crippen molar-refractivity contribution < 1.29 is 17.6 Å². The van der Waals surface area contributed by atoms with Crippen molar-refractivity contribution in [2.45, 2.75) is 81.1 Å². The Labute approximate surface area is 237 Å². The zero-order valence-corrected chi connectivity index (χ0v) is 25.0. The van der Waals surface area contributed by atoms with E-state index in [1.54, 1.807) is 35.7 Å². The molecule has 0 spiro atoms. The maximum Gasteiger partial charge on any atom is 0.242 e. The second-order valence-corrected chi connectivity index (χ2v) is 15.1. The molecule has 1 saturated heterocycles. The molecule has 3 aromatic rings. The van der Waals surface area contributed by atoms with E-state index in [1.165, 1.54) is 0 Å². The molecule has 2 N–H and O–H groups in total. The zero-order chi connectivity index (χ0) is 28.6. The topological polar surface area (TPSA) is 125 Å². The minimum atomic E-state index is -3.88. The molecule has 11 nitrogen and oxygen atoms in total. The predicted molar refractivity (Wildman–Crippen MR) is 151 cm³/mol. The molecule has 3 aliphatic rings. The Hall–Kier alpha value is -2.68. The average Bonchev–Trinajstić information content (AvgIpc) is 3.76. The van der Waals surface area contributed by atoms with E-state index in [2.05, 4.69) is 25.1 Å². The van der Waals surface area contributed by atoms with Crippen LogP contribution in [0, 0.1) is 0 Å². The number of nitrogens with zero attached hydrogens (tertiary/aromatic N) is 6. The van der Waals surface area contributed by atoms with Crippen molar-refractivity contribution in [3.05, 3.63) is 23.0 Å². The maximum absolute atomic E-state index is 13.7. The van der Waals surface area contributed by atoms with Crippen LogP contribution in [-0.2, 0) is 21.5 Å². The number of aromatic nitrogens is 4. The highest BCUT2D eigenvalue weighted by Gasteiger charge is 2.43. The maximum atomic E-state index is 13.7. The Balaban J connectivity index is 1.56. The van der Waals surface area contributed by atoms with Crippen molar-refractivity contribution in [3.63, 3.8) is 0 Å². The second kappa shape index (κ2) is 9.43. The number of nitrogens with one attached hydrogen (secondary N) is 2. The minimum Gasteiger partial charge on any atom is -0.365 e. The van der Waals surface area contributed by atoms with Crippen molar-refractivity contribution in [2.24, 2.45) is 0 Å². The van der Waals surface area contributed by atoms with Crippen LogP contribution in [0.25, 0.3) is 16.3 Å². The average molecular weight is 591 g/mol. The summed E-state index contributed by atoms with van der Waals surface area (Å²) in [5, 5.41) is 12.5. The lowest BCUT2D eigenvalue weighted by Crippen LogP contribution is -2.66. The highest BCUT2D eigenvalue weighted by atomic mass is 32.2. The Kier molecular flexibility index (Phi) is 6.48. The SMILES string of the molecule is CN(C)C(=O)[C@@H]1CN(c2cc(S(=O)(=O)NC3(C)CC3)cn3c(-c4nnc(CF)s4)c(C4CC4)nc23)CC(C)(C)N1. The number of carbonyl (C=O) groups excluding carboxylic acids is 1. The lowest BCUT2D eigenvalue weighted by molar-refractivity contribution is -0.131. The number of carbonyl (C=O) groups is 1. The molecule has 0 unspecified atom stereocenters. The monoisotopic (exact) mass is 590 g/mol. The molecule has 2 aliphatic carbocycles. The van der Waals surface area contributed by atoms with Crippen LogP contribution in [0.1, 0.15) is 63.1 Å². The van der Waals surface area contributed by atoms with E-state index < -0.39 is 33.8 Å². The van der Waals surface area contributed by atoms with Crippen LogP contribution in [-0.4, -0.2) is 83.1 Å². The lowest BCUT2D eigenvalue weighted by atomic mass is 9.97. The smallest absolute Gasteiger partial charge is 0.242 e. The molecular weight excluding hydrogens is 555 g/mol. The number of hydrogen-bond acceptors (Lipinski definition) is 9. The summed E-state index contributed by atoms with van der Waals surface area (Å²) in [6, 6.07) is 1.18. The number of likely N-dealkylation sites (N-methyl/N-ethyl adjacent to an activating group) is 1. The molecule has 2 saturated carbocycles. The van der Waals surface area contributed by atoms with E-state index in [4.69, 9.17) is 4.98 Å². The van der Waals surface area contributed by atoms with Crippen molar-refractivity contribution >= 4 is 38.6 Å². The number of amides is 1. The molecule has 14 heteroatoms. The molecule has 4 heterocycles. The Bertz CT molecular complexity index is 1590. The standard InChI is InChI=1S/C26H35FN8O3S2/c1-25(2)14-34(13-17(29-25)24(36)33(4)5)18-10-16(40(37,38)32-26(3)8-9-26)12-35-21(23-31-30-19(11-27)39-23)20(15-6-7-15)28-22(18)35/h10,12,15,17,29,32H,6-9,11,13-14H2,1-5H3/t17-/m0/s1. The van der Waals surface area contributed by atoms with Gasteiger partial charge in [-0.05, 0) is 52.5 Å². The highest BCUT2D eigenvalue weighted by Crippen LogP contribution is 2.46. The van der Waals surface area contributed by atoms with E-state index in [0.29, 0.717) is 35.1 Å². The van der Waals surface area contributed by atoms with Gasteiger partial charge in [-0.1, -0.05) is 11.3 Å². The number of sulfonamides is 1. The number of halogens is 1. The number of anilines is 1. The first-order valence-electron chi connectivity index (χ1n) is 13.5. The van der Waals surface area contributed by atoms with Crippen LogP contribution in [0.4, 0.5) is 10.1 Å². The van der Waals surface area contributed by atoms with Gasteiger partial charge in [-0.25, -0.2) is 22.5 Å². The van der Waals surface area contributed by atoms with Gasteiger partial charge in [-0.2, -0.15) is 0 Å². The number of rotatable bonds is 8. The summed E-state index contributed by atoms with van der Waals surface area (Å²) in [6.45, 7) is 6.09. The summed E-state index contributed by atoms with van der Waals surface area (Å²) in [5.41, 5.74) is 1.78. The molecule has 3 aromatic heterocycles. The van der Waals surface area contributed by atoms with Crippen LogP contribution in [0.15, 0.2) is 17.2 Å². The van der Waals surface area contributed by atoms with Gasteiger partial charge >= 0.3 is 0 Å². The van der Waals surface area contributed by atoms with Crippen LogP contribution < -0.4 is 14.9 Å². The van der Waals surface area contributed by atoms with Gasteiger partial charge in [0.15, 0.2) is 10.7 Å². The number of pyridine rings is 1. The van der Waals surface area contributed by atoms with Gasteiger partial charge in [0, 0.05) is 50.4 Å². The van der Waals surface area contributed by atoms with Gasteiger partial charge in [0.25, 0.3) is 0 Å². The van der Waals surface area contributed by atoms with Gasteiger partial charge in [-0.3, -0.25) is 14.5 Å². The van der Waals surface area contributed by atoms with E-state index in [-0.39, 0.29) is 21.7 Å². The van der Waals surface area contributed by atoms with Gasteiger partial charge < -0.3 is 9.80 Å². The molecule has 1 atom stereocenters. The predicted octanol–water partition coefficient (Wildman–Crippen LogP) is 2.68. The van der Waals surface area contributed by atoms with E-state index in [1.807, 2.05) is 20.8 Å². The van der Waals surface area contributed by atoms with Gasteiger partial charge in [0.2, 0.25) is 15.9 Å². The fourth-order valence-corrected chi connectivity index (χ4v) is 7.61. The largest absolute Gasteiger partial charge is 0.365 e. The second-order valence-electron chi connectivity index (χ2n) is 12.4. The van der Waals surface area contributed by atoms with Gasteiger partial charge in [0.1, 0.15) is 28.3 Å². The molecule has 0 radical (unpaired) electrons. The summed E-state index contributed by atoms with van der Waals surface area (Å²) >= 11 is 1.15. The molecule has 0 bridgehead atoms. The molecular formula is C26H35FN8O3S2. The summed E-state index contributed by atoms with van der Waals surface area (Å²) in [5.74, 6) is 0.155. The zero-order valence-electron chi connectivity index (χ0n) is 23.4. The molecule has 40 heavy (non-hydrogen) atoms. The third kappa shape index (κ3) is 5.10. The summed E-state index contributed by atoms with van der Waals surface area (Å²) in [7, 11) is -0.434. The van der Waals surface area contributed by atoms with Crippen molar-refractivity contribution in [3.8, 4) is 10.7 Å². The van der Waals surface area contributed by atoms with E-state index in [0.717, 1.165) is 42.7 Å². The Morgan fingerprint density at radius 2 is 1.98 bits per heavy atom. The van der Waals surface area contributed by atoms with Gasteiger partial charge in [-0.15, -0.1) is 10.2 Å². The number of imidazole rings is 1. The van der Waals surface area contributed by atoms with Crippen molar-refractivity contribution in [1.82, 2.24) is 34.5 Å². The number of piperazine rings is 1. The molecule has 6 rings (SSSR count). The third-order valence-electron chi connectivity index (χ3n) is 7.77. The van der Waals surface area contributed by atoms with Crippen LogP contribution >= 0.6 is 11.3 Å². The molecule has 0 aromatic carbocycles. The number of alkyl halides is 1. The normalized spacial score (nSPS) is 22.1. The van der Waals surface area contributed by atoms with Crippen LogP contribution in [0.5, 0.6) is 0 Å². The van der Waals surface area contributed by atoms with Gasteiger partial charge in [0.05, 0.1) is 11.4 Å². The third-order valence-corrected chi connectivity index (χ3v) is 10.3. The highest BCUT2D eigenvalue weighted by molar-refractivity contribution is 7.89. The molecule has 1 aliphatic heterocycles. The Morgan fingerprint density at radius 3 is 2.58 bits per heavy atom. The first-order chi connectivity index (χ1) is 18.8. The van der Waals surface area contributed by atoms with Crippen molar-refractivity contribution in [1.29, 1.82) is 0 Å².